The monoisotopic (exact) mass is 469 g/mol. The first kappa shape index (κ1) is 25.7. The van der Waals surface area contributed by atoms with E-state index in [0.717, 1.165) is 5.56 Å². The zero-order valence-corrected chi connectivity index (χ0v) is 18.6. The van der Waals surface area contributed by atoms with Crippen molar-refractivity contribution in [3.8, 4) is 5.75 Å². The standard InChI is InChI=1S/C21H27NO9S/c1-17-2-7-21(32(25,26)27)18(16-17)8-9-28-10-11-29-12-13-30-14-15-31-20-5-3-19(4-6-20)22(23)24/h2-7,16H,8-15H2,1H3,(H,25,26,27). The van der Waals surface area contributed by atoms with Gasteiger partial charge in [0.05, 0.1) is 49.5 Å². The summed E-state index contributed by atoms with van der Waals surface area (Å²) in [6.07, 6.45) is 0.356. The van der Waals surface area contributed by atoms with Crippen molar-refractivity contribution in [1.82, 2.24) is 0 Å². The molecule has 0 atom stereocenters. The van der Waals surface area contributed by atoms with E-state index in [4.69, 9.17) is 18.9 Å². The fourth-order valence-corrected chi connectivity index (χ4v) is 3.49. The minimum absolute atomic E-state index is 0.00717. The molecule has 2 rings (SSSR count). The van der Waals surface area contributed by atoms with Crippen LogP contribution in [0.4, 0.5) is 5.69 Å². The molecule has 176 valence electrons. The van der Waals surface area contributed by atoms with E-state index < -0.39 is 15.0 Å². The van der Waals surface area contributed by atoms with Crippen molar-refractivity contribution in [3.63, 3.8) is 0 Å². The molecule has 0 aliphatic carbocycles. The molecule has 11 heteroatoms. The summed E-state index contributed by atoms with van der Waals surface area (Å²) >= 11 is 0. The summed E-state index contributed by atoms with van der Waals surface area (Å²) in [7, 11) is -4.26. The van der Waals surface area contributed by atoms with Gasteiger partial charge in [-0.15, -0.1) is 0 Å². The number of rotatable bonds is 15. The lowest BCUT2D eigenvalue weighted by Gasteiger charge is -2.10. The Morgan fingerprint density at radius 3 is 2.00 bits per heavy atom. The molecule has 0 spiro atoms. The van der Waals surface area contributed by atoms with Crippen LogP contribution < -0.4 is 4.74 Å². The Kier molecular flexibility index (Phi) is 10.5. The maximum atomic E-state index is 11.4. The van der Waals surface area contributed by atoms with Crippen LogP contribution in [0, 0.1) is 17.0 Å². The second kappa shape index (κ2) is 13.1. The second-order valence-electron chi connectivity index (χ2n) is 6.77. The Labute approximate surface area is 187 Å². The lowest BCUT2D eigenvalue weighted by atomic mass is 10.1. The quantitative estimate of drug-likeness (QED) is 0.181. The average molecular weight is 470 g/mol. The Bertz CT molecular complexity index is 962. The Morgan fingerprint density at radius 1 is 0.875 bits per heavy atom. The molecule has 0 bridgehead atoms. The Hall–Kier alpha value is -2.57. The molecule has 0 aliphatic heterocycles. The molecule has 0 unspecified atom stereocenters. The molecule has 0 saturated heterocycles. The van der Waals surface area contributed by atoms with E-state index >= 15 is 0 Å². The van der Waals surface area contributed by atoms with Gasteiger partial charge in [0.2, 0.25) is 0 Å². The summed E-state index contributed by atoms with van der Waals surface area (Å²) in [5, 5.41) is 10.6. The van der Waals surface area contributed by atoms with E-state index in [2.05, 4.69) is 0 Å². The third-order valence-electron chi connectivity index (χ3n) is 4.30. The predicted octanol–water partition coefficient (Wildman–Crippen LogP) is 2.82. The first-order valence-electron chi connectivity index (χ1n) is 9.95. The van der Waals surface area contributed by atoms with Gasteiger partial charge in [-0.3, -0.25) is 14.7 Å². The minimum Gasteiger partial charge on any atom is -0.491 e. The van der Waals surface area contributed by atoms with E-state index in [1.54, 1.807) is 12.1 Å². The number of nitrogens with zero attached hydrogens (tertiary/aromatic N) is 1. The van der Waals surface area contributed by atoms with Crippen molar-refractivity contribution in [3.05, 3.63) is 63.7 Å². The molecule has 0 amide bonds. The molecule has 2 aromatic rings. The van der Waals surface area contributed by atoms with Crippen molar-refractivity contribution >= 4 is 15.8 Å². The highest BCUT2D eigenvalue weighted by molar-refractivity contribution is 7.85. The van der Waals surface area contributed by atoms with E-state index in [1.165, 1.54) is 30.3 Å². The number of non-ortho nitro benzene ring substituents is 1. The topological polar surface area (TPSA) is 134 Å². The van der Waals surface area contributed by atoms with Gasteiger partial charge in [-0.1, -0.05) is 17.7 Å². The normalized spacial score (nSPS) is 11.4. The van der Waals surface area contributed by atoms with Crippen molar-refractivity contribution in [2.45, 2.75) is 18.2 Å². The first-order chi connectivity index (χ1) is 15.3. The molecule has 0 radical (unpaired) electrons. The van der Waals surface area contributed by atoms with Crippen LogP contribution in [0.3, 0.4) is 0 Å². The molecule has 0 fully saturated rings. The van der Waals surface area contributed by atoms with Crippen LogP contribution in [0.15, 0.2) is 47.4 Å². The van der Waals surface area contributed by atoms with Crippen molar-refractivity contribution in [1.29, 1.82) is 0 Å². The molecule has 1 N–H and O–H groups in total. The number of nitro benzene ring substituents is 1. The number of nitro groups is 1. The van der Waals surface area contributed by atoms with Gasteiger partial charge in [0.1, 0.15) is 12.4 Å². The lowest BCUT2D eigenvalue weighted by Crippen LogP contribution is -2.13. The summed E-state index contributed by atoms with van der Waals surface area (Å²) in [5.74, 6) is 0.530. The summed E-state index contributed by atoms with van der Waals surface area (Å²) in [5.41, 5.74) is 1.42. The molecule has 2 aromatic carbocycles. The molecule has 0 aliphatic rings. The van der Waals surface area contributed by atoms with Gasteiger partial charge < -0.3 is 18.9 Å². The molecule has 0 aromatic heterocycles. The van der Waals surface area contributed by atoms with Crippen molar-refractivity contribution < 1.29 is 36.8 Å². The van der Waals surface area contributed by atoms with Crippen LogP contribution in [0.1, 0.15) is 11.1 Å². The number of hydrogen-bond acceptors (Lipinski definition) is 8. The van der Waals surface area contributed by atoms with E-state index in [1.807, 2.05) is 6.92 Å². The minimum atomic E-state index is -4.26. The van der Waals surface area contributed by atoms with Crippen LogP contribution in [0.5, 0.6) is 5.75 Å². The highest BCUT2D eigenvalue weighted by atomic mass is 32.2. The van der Waals surface area contributed by atoms with Gasteiger partial charge in [-0.2, -0.15) is 8.42 Å². The summed E-state index contributed by atoms with van der Waals surface area (Å²) in [4.78, 5) is 10.0. The zero-order chi connectivity index (χ0) is 23.4. The van der Waals surface area contributed by atoms with Crippen molar-refractivity contribution in [2.24, 2.45) is 0 Å². The largest absolute Gasteiger partial charge is 0.491 e. The van der Waals surface area contributed by atoms with Gasteiger partial charge in [0, 0.05) is 12.1 Å². The summed E-state index contributed by atoms with van der Waals surface area (Å²) in [6, 6.07) is 10.5. The third kappa shape index (κ3) is 9.28. The Morgan fingerprint density at radius 2 is 1.44 bits per heavy atom. The Balaban J connectivity index is 1.48. The van der Waals surface area contributed by atoms with E-state index in [9.17, 15) is 23.1 Å². The smallest absolute Gasteiger partial charge is 0.294 e. The second-order valence-corrected chi connectivity index (χ2v) is 8.16. The zero-order valence-electron chi connectivity index (χ0n) is 17.8. The SMILES string of the molecule is Cc1ccc(S(=O)(=O)O)c(CCOCCOCCOCCOc2ccc([N+](=O)[O-])cc2)c1. The van der Waals surface area contributed by atoms with Crippen LogP contribution in [-0.4, -0.2) is 64.1 Å². The van der Waals surface area contributed by atoms with Crippen LogP contribution in [0.2, 0.25) is 0 Å². The molecule has 0 heterocycles. The maximum absolute atomic E-state index is 11.4. The van der Waals surface area contributed by atoms with E-state index in [-0.39, 0.29) is 10.6 Å². The third-order valence-corrected chi connectivity index (χ3v) is 5.25. The fourth-order valence-electron chi connectivity index (χ4n) is 2.76. The summed E-state index contributed by atoms with van der Waals surface area (Å²) in [6.45, 7) is 4.27. The maximum Gasteiger partial charge on any atom is 0.294 e. The molecular weight excluding hydrogens is 442 g/mol. The van der Waals surface area contributed by atoms with Gasteiger partial charge in [0.15, 0.2) is 0 Å². The molecule has 10 nitrogen and oxygen atoms in total. The number of benzene rings is 2. The number of hydrogen-bond donors (Lipinski definition) is 1. The van der Waals surface area contributed by atoms with Gasteiger partial charge in [-0.25, -0.2) is 0 Å². The lowest BCUT2D eigenvalue weighted by molar-refractivity contribution is -0.384. The molecular formula is C21H27NO9S. The van der Waals surface area contributed by atoms with Crippen LogP contribution >= 0.6 is 0 Å². The van der Waals surface area contributed by atoms with Crippen LogP contribution in [-0.2, 0) is 30.7 Å². The van der Waals surface area contributed by atoms with Crippen molar-refractivity contribution in [2.75, 3.05) is 46.2 Å². The summed E-state index contributed by atoms with van der Waals surface area (Å²) < 4.78 is 53.8. The molecule has 0 saturated carbocycles. The van der Waals surface area contributed by atoms with Gasteiger partial charge in [0.25, 0.3) is 15.8 Å². The average Bonchev–Trinajstić information content (AvgIpc) is 2.74. The highest BCUT2D eigenvalue weighted by Crippen LogP contribution is 2.18. The number of ether oxygens (including phenoxy) is 4. The first-order valence-corrected chi connectivity index (χ1v) is 11.4. The van der Waals surface area contributed by atoms with Crippen LogP contribution in [0.25, 0.3) is 0 Å². The molecule has 32 heavy (non-hydrogen) atoms. The predicted molar refractivity (Wildman–Crippen MR) is 116 cm³/mol. The van der Waals surface area contributed by atoms with Gasteiger partial charge >= 0.3 is 0 Å². The highest BCUT2D eigenvalue weighted by Gasteiger charge is 2.15. The van der Waals surface area contributed by atoms with Gasteiger partial charge in [-0.05, 0) is 37.1 Å². The van der Waals surface area contributed by atoms with E-state index in [0.29, 0.717) is 64.0 Å². The fraction of sp³-hybridized carbons (Fsp3) is 0.429. The number of aryl methyl sites for hydroxylation is 1.